The molecule has 3 heterocycles. The Bertz CT molecular complexity index is 683. The minimum Gasteiger partial charge on any atom is -0.479 e. The number of carboxylic acid groups (broad SMARTS) is 1. The van der Waals surface area contributed by atoms with Crippen molar-refractivity contribution in [1.29, 1.82) is 0 Å². The highest BCUT2D eigenvalue weighted by molar-refractivity contribution is 5.80. The van der Waals surface area contributed by atoms with Gasteiger partial charge in [-0.2, -0.15) is 0 Å². The fraction of sp³-hybridized carbons (Fsp3) is 0.400. The lowest BCUT2D eigenvalue weighted by Gasteiger charge is -2.35. The molecule has 0 atom stereocenters. The van der Waals surface area contributed by atoms with Crippen molar-refractivity contribution in [3.63, 3.8) is 0 Å². The lowest BCUT2D eigenvalue weighted by molar-refractivity contribution is -0.165. The molecule has 0 aliphatic carbocycles. The van der Waals surface area contributed by atoms with E-state index in [1.165, 1.54) is 0 Å². The number of nitrogens with zero attached hydrogens (tertiary/aromatic N) is 3. The predicted molar refractivity (Wildman–Crippen MR) is 77.3 cm³/mol. The third-order valence-corrected chi connectivity index (χ3v) is 4.09. The number of pyridine rings is 1. The van der Waals surface area contributed by atoms with E-state index in [9.17, 15) is 14.7 Å². The van der Waals surface area contributed by atoms with Gasteiger partial charge in [0.2, 0.25) is 5.91 Å². The number of imidazole rings is 1. The molecule has 0 saturated carbocycles. The summed E-state index contributed by atoms with van der Waals surface area (Å²) in [6.07, 6.45) is 3.96. The standard InChI is InChI=1S/C15H17N3O4/c19-13(17-7-4-15(22,5-8-17)14(20)21)9-11-10-18-6-2-1-3-12(18)16-11/h1-3,6,10,22H,4-5,7-9H2,(H,20,21). The number of aliphatic carboxylic acids is 1. The van der Waals surface area contributed by atoms with E-state index in [1.54, 1.807) is 4.90 Å². The highest BCUT2D eigenvalue weighted by atomic mass is 16.4. The molecule has 7 heteroatoms. The van der Waals surface area contributed by atoms with Crippen molar-refractivity contribution in [2.24, 2.45) is 0 Å². The van der Waals surface area contributed by atoms with Crippen LogP contribution in [0.2, 0.25) is 0 Å². The topological polar surface area (TPSA) is 95.1 Å². The van der Waals surface area contributed by atoms with Crippen molar-refractivity contribution in [1.82, 2.24) is 14.3 Å². The summed E-state index contributed by atoms with van der Waals surface area (Å²) >= 11 is 0. The molecule has 0 aromatic carbocycles. The molecule has 1 aliphatic heterocycles. The Morgan fingerprint density at radius 1 is 1.27 bits per heavy atom. The molecule has 1 saturated heterocycles. The summed E-state index contributed by atoms with van der Waals surface area (Å²) in [7, 11) is 0. The third kappa shape index (κ3) is 2.67. The molecule has 116 valence electrons. The minimum atomic E-state index is -1.71. The second-order valence-corrected chi connectivity index (χ2v) is 5.59. The summed E-state index contributed by atoms with van der Waals surface area (Å²) in [4.78, 5) is 29.2. The van der Waals surface area contributed by atoms with Gasteiger partial charge in [0.25, 0.3) is 0 Å². The highest BCUT2D eigenvalue weighted by Crippen LogP contribution is 2.23. The van der Waals surface area contributed by atoms with E-state index < -0.39 is 11.6 Å². The SMILES string of the molecule is O=C(Cc1cn2ccccc2n1)N1CCC(O)(C(=O)O)CC1. The third-order valence-electron chi connectivity index (χ3n) is 4.09. The number of piperidine rings is 1. The molecule has 7 nitrogen and oxygen atoms in total. The number of carboxylic acids is 1. The monoisotopic (exact) mass is 303 g/mol. The maximum absolute atomic E-state index is 12.3. The van der Waals surface area contributed by atoms with E-state index in [1.807, 2.05) is 35.0 Å². The van der Waals surface area contributed by atoms with Crippen LogP contribution in [0.3, 0.4) is 0 Å². The van der Waals surface area contributed by atoms with Gasteiger partial charge in [0, 0.05) is 38.3 Å². The molecule has 2 aromatic heterocycles. The summed E-state index contributed by atoms with van der Waals surface area (Å²) in [5.74, 6) is -1.32. The first-order valence-electron chi connectivity index (χ1n) is 7.14. The van der Waals surface area contributed by atoms with E-state index in [4.69, 9.17) is 5.11 Å². The quantitative estimate of drug-likeness (QED) is 0.851. The van der Waals surface area contributed by atoms with Gasteiger partial charge in [0.1, 0.15) is 5.65 Å². The van der Waals surface area contributed by atoms with Crippen LogP contribution in [0.5, 0.6) is 0 Å². The number of hydrogen-bond acceptors (Lipinski definition) is 4. The molecular formula is C15H17N3O4. The van der Waals surface area contributed by atoms with Crippen LogP contribution in [0.15, 0.2) is 30.6 Å². The molecule has 0 spiro atoms. The van der Waals surface area contributed by atoms with Crippen LogP contribution in [0.25, 0.3) is 5.65 Å². The lowest BCUT2D eigenvalue weighted by Crippen LogP contribution is -2.51. The van der Waals surface area contributed by atoms with Crippen LogP contribution < -0.4 is 0 Å². The number of aliphatic hydroxyl groups is 1. The number of fused-ring (bicyclic) bond motifs is 1. The Kier molecular flexibility index (Phi) is 3.58. The molecule has 2 aromatic rings. The first kappa shape index (κ1) is 14.5. The fourth-order valence-corrected chi connectivity index (χ4v) is 2.68. The number of likely N-dealkylation sites (tertiary alicyclic amines) is 1. The average molecular weight is 303 g/mol. The molecule has 0 radical (unpaired) electrons. The van der Waals surface area contributed by atoms with Gasteiger partial charge in [-0.25, -0.2) is 9.78 Å². The first-order chi connectivity index (χ1) is 10.5. The molecule has 1 amide bonds. The predicted octanol–water partition coefficient (Wildman–Crippen LogP) is 0.315. The molecule has 0 bridgehead atoms. The van der Waals surface area contributed by atoms with Crippen molar-refractivity contribution >= 4 is 17.5 Å². The van der Waals surface area contributed by atoms with Gasteiger partial charge in [-0.05, 0) is 12.1 Å². The van der Waals surface area contributed by atoms with Gasteiger partial charge in [-0.3, -0.25) is 4.79 Å². The van der Waals surface area contributed by atoms with Gasteiger partial charge in [0.05, 0.1) is 12.1 Å². The van der Waals surface area contributed by atoms with E-state index in [-0.39, 0.29) is 38.3 Å². The van der Waals surface area contributed by atoms with Gasteiger partial charge in [-0.15, -0.1) is 0 Å². The maximum Gasteiger partial charge on any atom is 0.335 e. The van der Waals surface area contributed by atoms with Crippen molar-refractivity contribution in [3.05, 3.63) is 36.3 Å². The summed E-state index contributed by atoms with van der Waals surface area (Å²) in [6.45, 7) is 0.490. The zero-order valence-electron chi connectivity index (χ0n) is 12.0. The average Bonchev–Trinajstić information content (AvgIpc) is 2.89. The Labute approximate surface area is 126 Å². The van der Waals surface area contributed by atoms with Crippen molar-refractivity contribution in [3.8, 4) is 0 Å². The number of rotatable bonds is 3. The fourth-order valence-electron chi connectivity index (χ4n) is 2.68. The Balaban J connectivity index is 1.64. The summed E-state index contributed by atoms with van der Waals surface area (Å²) in [5.41, 5.74) is -0.251. The number of carbonyl (C=O) groups is 2. The number of aromatic nitrogens is 2. The van der Waals surface area contributed by atoms with Gasteiger partial charge < -0.3 is 19.5 Å². The summed E-state index contributed by atoms with van der Waals surface area (Å²) < 4.78 is 1.85. The van der Waals surface area contributed by atoms with Gasteiger partial charge >= 0.3 is 5.97 Å². The second kappa shape index (κ2) is 5.42. The Morgan fingerprint density at radius 2 is 2.00 bits per heavy atom. The summed E-state index contributed by atoms with van der Waals surface area (Å²) in [6, 6.07) is 5.63. The smallest absolute Gasteiger partial charge is 0.335 e. The molecular weight excluding hydrogens is 286 g/mol. The van der Waals surface area contributed by atoms with Crippen molar-refractivity contribution < 1.29 is 19.8 Å². The van der Waals surface area contributed by atoms with E-state index >= 15 is 0 Å². The van der Waals surface area contributed by atoms with Crippen LogP contribution in [0.4, 0.5) is 0 Å². The molecule has 2 N–H and O–H groups in total. The summed E-state index contributed by atoms with van der Waals surface area (Å²) in [5, 5.41) is 18.9. The Hall–Kier alpha value is -2.41. The number of amides is 1. The zero-order valence-corrected chi connectivity index (χ0v) is 12.0. The largest absolute Gasteiger partial charge is 0.479 e. The number of hydrogen-bond donors (Lipinski definition) is 2. The van der Waals surface area contributed by atoms with Crippen LogP contribution in [-0.2, 0) is 16.0 Å². The first-order valence-corrected chi connectivity index (χ1v) is 7.14. The maximum atomic E-state index is 12.3. The van der Waals surface area contributed by atoms with Crippen LogP contribution in [-0.4, -0.2) is 55.1 Å². The zero-order chi connectivity index (χ0) is 15.7. The highest BCUT2D eigenvalue weighted by Gasteiger charge is 2.40. The van der Waals surface area contributed by atoms with Crippen LogP contribution in [0, 0.1) is 0 Å². The Morgan fingerprint density at radius 3 is 2.64 bits per heavy atom. The van der Waals surface area contributed by atoms with Crippen LogP contribution >= 0.6 is 0 Å². The van der Waals surface area contributed by atoms with E-state index in [2.05, 4.69) is 4.98 Å². The minimum absolute atomic E-state index is 0.0548. The second-order valence-electron chi connectivity index (χ2n) is 5.59. The number of carbonyl (C=O) groups excluding carboxylic acids is 1. The van der Waals surface area contributed by atoms with E-state index in [0.717, 1.165) is 5.65 Å². The van der Waals surface area contributed by atoms with E-state index in [0.29, 0.717) is 5.69 Å². The molecule has 22 heavy (non-hydrogen) atoms. The van der Waals surface area contributed by atoms with Crippen molar-refractivity contribution in [2.75, 3.05) is 13.1 Å². The van der Waals surface area contributed by atoms with Gasteiger partial charge in [0.15, 0.2) is 5.60 Å². The van der Waals surface area contributed by atoms with Gasteiger partial charge in [-0.1, -0.05) is 6.07 Å². The van der Waals surface area contributed by atoms with Crippen LogP contribution in [0.1, 0.15) is 18.5 Å². The molecule has 1 aliphatic rings. The normalized spacial score (nSPS) is 17.6. The molecule has 3 rings (SSSR count). The lowest BCUT2D eigenvalue weighted by atomic mass is 9.91. The molecule has 1 fully saturated rings. The molecule has 0 unspecified atom stereocenters. The van der Waals surface area contributed by atoms with Crippen molar-refractivity contribution in [2.45, 2.75) is 24.9 Å².